The number of aliphatic hydroxyl groups excluding tert-OH is 1. The van der Waals surface area contributed by atoms with Crippen LogP contribution in [0.4, 0.5) is 0 Å². The average molecular weight is 419 g/mol. The van der Waals surface area contributed by atoms with Crippen LogP contribution in [0.2, 0.25) is 16.6 Å². The van der Waals surface area contributed by atoms with Crippen LogP contribution in [0.15, 0.2) is 12.2 Å². The van der Waals surface area contributed by atoms with Gasteiger partial charge in [0.25, 0.3) is 0 Å². The van der Waals surface area contributed by atoms with Crippen LogP contribution >= 0.6 is 0 Å². The molecule has 6 rings (SSSR count). The molecular weight excluding hydrogens is 376 g/mol. The first kappa shape index (κ1) is 20.7. The van der Waals surface area contributed by atoms with Gasteiger partial charge in [0.2, 0.25) is 8.32 Å². The molecule has 6 aliphatic carbocycles. The third kappa shape index (κ3) is 2.07. The molecule has 0 amide bonds. The van der Waals surface area contributed by atoms with Gasteiger partial charge in [0, 0.05) is 11.3 Å². The number of allylic oxidation sites excluding steroid dienone is 1. The summed E-state index contributed by atoms with van der Waals surface area (Å²) in [5.74, 6) is 2.45. The average Bonchev–Trinajstić information content (AvgIpc) is 3.16. The second kappa shape index (κ2) is 5.79. The largest absolute Gasteiger partial charge is 0.410 e. The van der Waals surface area contributed by atoms with Crippen molar-refractivity contribution < 1.29 is 14.6 Å². The molecule has 3 nitrogen and oxygen atoms in total. The number of rotatable bonds is 5. The van der Waals surface area contributed by atoms with E-state index in [1.165, 1.54) is 6.42 Å². The van der Waals surface area contributed by atoms with E-state index in [1.54, 1.807) is 0 Å². The lowest BCUT2D eigenvalue weighted by atomic mass is 9.67. The van der Waals surface area contributed by atoms with Gasteiger partial charge in [0.05, 0.1) is 12.2 Å². The Bertz CT molecular complexity index is 721. The zero-order valence-corrected chi connectivity index (χ0v) is 20.6. The van der Waals surface area contributed by atoms with Crippen molar-refractivity contribution in [2.75, 3.05) is 0 Å². The number of hydrogen-bond acceptors (Lipinski definition) is 3. The zero-order valence-electron chi connectivity index (χ0n) is 19.6. The standard InChI is InChI=1S/C25H42O3Si/c1-13(2)29(14(3)4,15(5)6)28-22-23(7,8)12-24-19-11-18-16(20(18)24)9-10-17(19)21(26)25(22,24)27/h9-10,13-22,26-27H,11-12H2,1-8H3/t16-,17+,18+,19-,20-,21+,22+,24+,25-/m0/s1. The molecule has 0 saturated heterocycles. The summed E-state index contributed by atoms with van der Waals surface area (Å²) in [6.07, 6.45) is 5.87. The predicted octanol–water partition coefficient (Wildman–Crippen LogP) is 5.14. The van der Waals surface area contributed by atoms with Crippen molar-refractivity contribution in [1.82, 2.24) is 0 Å². The van der Waals surface area contributed by atoms with Crippen LogP contribution in [-0.2, 0) is 4.43 Å². The monoisotopic (exact) mass is 418 g/mol. The van der Waals surface area contributed by atoms with Gasteiger partial charge in [0.1, 0.15) is 5.60 Å². The van der Waals surface area contributed by atoms with Crippen molar-refractivity contribution >= 4 is 8.32 Å². The Morgan fingerprint density at radius 1 is 0.966 bits per heavy atom. The lowest BCUT2D eigenvalue weighted by molar-refractivity contribution is -0.174. The molecule has 29 heavy (non-hydrogen) atoms. The van der Waals surface area contributed by atoms with E-state index < -0.39 is 20.0 Å². The highest BCUT2D eigenvalue weighted by Crippen LogP contribution is 2.84. The molecule has 6 aliphatic rings. The molecule has 0 aliphatic heterocycles. The van der Waals surface area contributed by atoms with E-state index in [2.05, 4.69) is 67.5 Å². The minimum atomic E-state index is -2.18. The third-order valence-corrected chi connectivity index (χ3v) is 16.5. The molecule has 1 spiro atoms. The van der Waals surface area contributed by atoms with Gasteiger partial charge in [-0.05, 0) is 58.6 Å². The maximum atomic E-state index is 12.6. The minimum Gasteiger partial charge on any atom is -0.410 e. The quantitative estimate of drug-likeness (QED) is 0.480. The van der Waals surface area contributed by atoms with E-state index in [0.29, 0.717) is 34.4 Å². The Hall–Kier alpha value is -0.163. The van der Waals surface area contributed by atoms with Crippen molar-refractivity contribution in [2.45, 2.75) is 103 Å². The molecule has 2 N–H and O–H groups in total. The highest BCUT2D eigenvalue weighted by molar-refractivity contribution is 6.77. The summed E-state index contributed by atoms with van der Waals surface area (Å²) in [6, 6.07) is 0. The maximum absolute atomic E-state index is 12.6. The third-order valence-electron chi connectivity index (χ3n) is 10.5. The van der Waals surface area contributed by atoms with E-state index in [1.807, 2.05) is 0 Å². The Balaban J connectivity index is 1.64. The summed E-state index contributed by atoms with van der Waals surface area (Å²) in [5.41, 5.74) is 0.0307. The van der Waals surface area contributed by atoms with Gasteiger partial charge in [-0.25, -0.2) is 0 Å². The molecule has 0 aromatic carbocycles. The first-order chi connectivity index (χ1) is 13.4. The summed E-state index contributed by atoms with van der Waals surface area (Å²) in [5, 5.41) is 24.2. The first-order valence-corrected chi connectivity index (χ1v) is 14.3. The van der Waals surface area contributed by atoms with Crippen molar-refractivity contribution in [1.29, 1.82) is 0 Å². The Labute approximate surface area is 178 Å². The van der Waals surface area contributed by atoms with Crippen molar-refractivity contribution in [3.63, 3.8) is 0 Å². The second-order valence-electron chi connectivity index (χ2n) is 12.9. The maximum Gasteiger partial charge on any atom is 0.200 e. The van der Waals surface area contributed by atoms with Crippen molar-refractivity contribution in [3.8, 4) is 0 Å². The molecule has 6 bridgehead atoms. The molecule has 0 aromatic rings. The summed E-state index contributed by atoms with van der Waals surface area (Å²) < 4.78 is 7.37. The molecule has 4 saturated carbocycles. The Kier molecular flexibility index (Phi) is 4.14. The molecule has 4 heteroatoms. The molecule has 164 valence electrons. The summed E-state index contributed by atoms with van der Waals surface area (Å²) >= 11 is 0. The number of aliphatic hydroxyl groups is 2. The van der Waals surface area contributed by atoms with E-state index in [4.69, 9.17) is 4.43 Å². The van der Waals surface area contributed by atoms with Crippen molar-refractivity contribution in [2.24, 2.45) is 40.4 Å². The van der Waals surface area contributed by atoms with Crippen molar-refractivity contribution in [3.05, 3.63) is 12.2 Å². The smallest absolute Gasteiger partial charge is 0.200 e. The topological polar surface area (TPSA) is 49.7 Å². The zero-order chi connectivity index (χ0) is 21.3. The summed E-state index contributed by atoms with van der Waals surface area (Å²) in [7, 11) is -2.18. The molecule has 0 radical (unpaired) electrons. The fraction of sp³-hybridized carbons (Fsp3) is 0.920. The van der Waals surface area contributed by atoms with Crippen LogP contribution < -0.4 is 0 Å². The molecule has 4 fully saturated rings. The summed E-state index contributed by atoms with van der Waals surface area (Å²) in [6.45, 7) is 18.5. The van der Waals surface area contributed by atoms with Crippen LogP contribution in [0.3, 0.4) is 0 Å². The molecular formula is C25H42O3Si. The van der Waals surface area contributed by atoms with E-state index >= 15 is 0 Å². The van der Waals surface area contributed by atoms with Gasteiger partial charge in [-0.15, -0.1) is 0 Å². The Morgan fingerprint density at radius 2 is 1.52 bits per heavy atom. The van der Waals surface area contributed by atoms with Gasteiger partial charge in [0.15, 0.2) is 0 Å². The number of hydrogen-bond donors (Lipinski definition) is 2. The van der Waals surface area contributed by atoms with Crippen LogP contribution in [0, 0.1) is 40.4 Å². The minimum absolute atomic E-state index is 0.107. The SMILES string of the molecule is CC(C)[Si](O[C@@H]1C(C)(C)C[C@@]23[C@H]4[C@H]5C=C[C@@H]([C@@H](O)[C@]12O)[C@@H]3C[C@H]54)(C(C)C)C(C)C. The van der Waals surface area contributed by atoms with Crippen LogP contribution in [-0.4, -0.2) is 36.3 Å². The molecule has 9 atom stereocenters. The van der Waals surface area contributed by atoms with Gasteiger partial charge >= 0.3 is 0 Å². The lowest BCUT2D eigenvalue weighted by Gasteiger charge is -2.51. The van der Waals surface area contributed by atoms with E-state index in [0.717, 1.165) is 12.3 Å². The van der Waals surface area contributed by atoms with Gasteiger partial charge in [-0.2, -0.15) is 0 Å². The second-order valence-corrected chi connectivity index (χ2v) is 18.3. The lowest BCUT2D eigenvalue weighted by Crippen LogP contribution is -2.63. The Morgan fingerprint density at radius 3 is 2.07 bits per heavy atom. The van der Waals surface area contributed by atoms with E-state index in [9.17, 15) is 10.2 Å². The fourth-order valence-corrected chi connectivity index (χ4v) is 15.6. The first-order valence-electron chi connectivity index (χ1n) is 12.1. The van der Waals surface area contributed by atoms with Gasteiger partial charge in [-0.3, -0.25) is 0 Å². The van der Waals surface area contributed by atoms with Crippen LogP contribution in [0.25, 0.3) is 0 Å². The molecule has 0 aromatic heterocycles. The fourth-order valence-electron chi connectivity index (χ4n) is 9.89. The highest BCUT2D eigenvalue weighted by atomic mass is 28.4. The normalized spacial score (nSPS) is 51.3. The van der Waals surface area contributed by atoms with Crippen LogP contribution in [0.1, 0.15) is 68.2 Å². The molecule has 0 heterocycles. The molecule has 0 unspecified atom stereocenters. The van der Waals surface area contributed by atoms with E-state index in [-0.39, 0.29) is 22.9 Å². The van der Waals surface area contributed by atoms with Gasteiger partial charge < -0.3 is 14.6 Å². The van der Waals surface area contributed by atoms with Gasteiger partial charge in [-0.1, -0.05) is 67.5 Å². The predicted molar refractivity (Wildman–Crippen MR) is 119 cm³/mol. The highest BCUT2D eigenvalue weighted by Gasteiger charge is 2.87. The summed E-state index contributed by atoms with van der Waals surface area (Å²) in [4.78, 5) is 0. The van der Waals surface area contributed by atoms with Crippen LogP contribution in [0.5, 0.6) is 0 Å².